The second-order valence-electron chi connectivity index (χ2n) is 2.70. The smallest absolute Gasteiger partial charge is 0.448 e. The van der Waals surface area contributed by atoms with Gasteiger partial charge in [0, 0.05) is 15.1 Å². The number of nitrogens with two attached hydrogens (primary N) is 1. The third kappa shape index (κ3) is 3.83. The third-order valence-corrected chi connectivity index (χ3v) is 3.12. The van der Waals surface area contributed by atoms with E-state index in [2.05, 4.69) is 15.9 Å². The van der Waals surface area contributed by atoms with E-state index in [1.807, 2.05) is 0 Å². The summed E-state index contributed by atoms with van der Waals surface area (Å²) in [5.74, 6) is 0. The Morgan fingerprint density at radius 3 is 2.50 bits per heavy atom. The van der Waals surface area contributed by atoms with Gasteiger partial charge in [0.25, 0.3) is 0 Å². The normalized spacial score (nSPS) is 11.7. The molecule has 0 saturated carbocycles. The van der Waals surface area contributed by atoms with Gasteiger partial charge in [-0.3, -0.25) is 0 Å². The maximum absolute atomic E-state index is 11.9. The lowest BCUT2D eigenvalue weighted by Gasteiger charge is -2.13. The van der Waals surface area contributed by atoms with Gasteiger partial charge in [0.05, 0.1) is 0 Å². The molecule has 1 aromatic carbocycles. The van der Waals surface area contributed by atoms with Gasteiger partial charge in [-0.1, -0.05) is 15.9 Å². The van der Waals surface area contributed by atoms with Crippen molar-refractivity contribution in [3.8, 4) is 0 Å². The zero-order valence-electron chi connectivity index (χ0n) is 7.01. The highest BCUT2D eigenvalue weighted by Crippen LogP contribution is 2.30. The molecule has 0 fully saturated rings. The van der Waals surface area contributed by atoms with Gasteiger partial charge in [-0.25, -0.2) is 0 Å². The van der Waals surface area contributed by atoms with Crippen LogP contribution >= 0.6 is 27.7 Å². The van der Waals surface area contributed by atoms with Crippen molar-refractivity contribution in [1.29, 1.82) is 0 Å². The van der Waals surface area contributed by atoms with E-state index in [0.29, 0.717) is 10.6 Å². The number of hydrogen-bond donors (Lipinski definition) is 1. The van der Waals surface area contributed by atoms with Gasteiger partial charge in [0.1, 0.15) is 0 Å². The third-order valence-electron chi connectivity index (χ3n) is 1.40. The van der Waals surface area contributed by atoms with E-state index >= 15 is 0 Å². The van der Waals surface area contributed by atoms with Gasteiger partial charge < -0.3 is 18.7 Å². The molecule has 1 nitrogen and oxygen atoms in total. The van der Waals surface area contributed by atoms with Crippen LogP contribution in [0.1, 0.15) is 0 Å². The Kier molecular flexibility index (Phi) is 3.77. The van der Waals surface area contributed by atoms with Crippen molar-refractivity contribution in [3.63, 3.8) is 0 Å². The number of anilines is 1. The number of halogens is 4. The van der Waals surface area contributed by atoms with E-state index in [4.69, 9.17) is 5.73 Å². The molecule has 0 aliphatic carbocycles. The van der Waals surface area contributed by atoms with Gasteiger partial charge in [-0.15, -0.1) is 0 Å². The lowest BCUT2D eigenvalue weighted by molar-refractivity contribution is 0.485. The summed E-state index contributed by atoms with van der Waals surface area (Å²) < 4.78 is 36.6. The van der Waals surface area contributed by atoms with Crippen LogP contribution in [0.15, 0.2) is 27.6 Å². The molecule has 0 aromatic heterocycles. The van der Waals surface area contributed by atoms with Gasteiger partial charge >= 0.3 is 6.98 Å². The Labute approximate surface area is 92.4 Å². The first kappa shape index (κ1) is 11.8. The van der Waals surface area contributed by atoms with Gasteiger partial charge in [0.2, 0.25) is 0 Å². The van der Waals surface area contributed by atoms with E-state index in [1.165, 1.54) is 0 Å². The standard InChI is InChI=1S/C7H7BBrF3NS/c9-5-1-2-7(6(13)3-5)14-4-8(10,11)12/h1-3H,4,13H2/q-1. The first-order valence-electron chi connectivity index (χ1n) is 3.77. The van der Waals surface area contributed by atoms with E-state index < -0.39 is 12.6 Å². The quantitative estimate of drug-likeness (QED) is 0.522. The van der Waals surface area contributed by atoms with Gasteiger partial charge in [-0.2, -0.15) is 11.8 Å². The molecule has 0 spiro atoms. The second-order valence-corrected chi connectivity index (χ2v) is 4.68. The summed E-state index contributed by atoms with van der Waals surface area (Å²) in [6.07, 6.45) is 0. The minimum atomic E-state index is -4.76. The number of nitrogen functional groups attached to an aromatic ring is 1. The Bertz CT molecular complexity index is 331. The van der Waals surface area contributed by atoms with Crippen LogP contribution in [0, 0.1) is 0 Å². The van der Waals surface area contributed by atoms with Crippen molar-refractivity contribution < 1.29 is 12.9 Å². The fourth-order valence-corrected chi connectivity index (χ4v) is 1.97. The lowest BCUT2D eigenvalue weighted by atomic mass is 9.98. The molecule has 0 atom stereocenters. The molecule has 1 aromatic rings. The summed E-state index contributed by atoms with van der Waals surface area (Å²) in [5.41, 5.74) is 5.05. The number of rotatable bonds is 3. The maximum Gasteiger partial charge on any atom is 0.488 e. The Morgan fingerprint density at radius 2 is 2.00 bits per heavy atom. The Hall–Kier alpha value is -0.295. The van der Waals surface area contributed by atoms with Crippen molar-refractivity contribution in [1.82, 2.24) is 0 Å². The summed E-state index contributed by atoms with van der Waals surface area (Å²) in [7, 11) is 0. The van der Waals surface area contributed by atoms with Crippen LogP contribution in [0.4, 0.5) is 18.6 Å². The largest absolute Gasteiger partial charge is 0.488 e. The van der Waals surface area contributed by atoms with Crippen molar-refractivity contribution in [2.75, 3.05) is 11.4 Å². The zero-order valence-corrected chi connectivity index (χ0v) is 9.42. The second kappa shape index (κ2) is 4.48. The minimum Gasteiger partial charge on any atom is -0.448 e. The van der Waals surface area contributed by atoms with Crippen molar-refractivity contribution >= 4 is 40.4 Å². The van der Waals surface area contributed by atoms with Gasteiger partial charge in [0.15, 0.2) is 0 Å². The van der Waals surface area contributed by atoms with Crippen LogP contribution in [0.25, 0.3) is 0 Å². The van der Waals surface area contributed by atoms with E-state index in [-0.39, 0.29) is 0 Å². The predicted octanol–water partition coefficient (Wildman–Crippen LogP) is 3.51. The predicted molar refractivity (Wildman–Crippen MR) is 58.4 cm³/mol. The van der Waals surface area contributed by atoms with Crippen LogP contribution < -0.4 is 5.73 Å². The fraction of sp³-hybridized carbons (Fsp3) is 0.143. The minimum absolute atomic E-state index is 0.365. The molecule has 78 valence electrons. The summed E-state index contributed by atoms with van der Waals surface area (Å²) in [5, 5.41) is 0. The molecule has 0 aliphatic rings. The highest BCUT2D eigenvalue weighted by atomic mass is 79.9. The molecule has 2 N–H and O–H groups in total. The Balaban J connectivity index is 2.68. The SMILES string of the molecule is Nc1cc(Br)ccc1SC[B-](F)(F)F. The summed E-state index contributed by atoms with van der Waals surface area (Å²) in [4.78, 5) is 0.465. The highest BCUT2D eigenvalue weighted by Gasteiger charge is 2.23. The van der Waals surface area contributed by atoms with Crippen LogP contribution in [0.2, 0.25) is 0 Å². The van der Waals surface area contributed by atoms with Crippen molar-refractivity contribution in [3.05, 3.63) is 22.7 Å². The van der Waals surface area contributed by atoms with Crippen LogP contribution in [0.5, 0.6) is 0 Å². The number of thioether (sulfide) groups is 1. The first-order valence-corrected chi connectivity index (χ1v) is 5.55. The first-order chi connectivity index (χ1) is 6.38. The topological polar surface area (TPSA) is 26.0 Å². The lowest BCUT2D eigenvalue weighted by Crippen LogP contribution is -2.19. The summed E-state index contributed by atoms with van der Waals surface area (Å²) >= 11 is 3.90. The van der Waals surface area contributed by atoms with Gasteiger partial charge in [-0.05, 0) is 23.9 Å². The number of hydrogen-bond acceptors (Lipinski definition) is 2. The molecule has 0 heterocycles. The van der Waals surface area contributed by atoms with Crippen LogP contribution in [-0.2, 0) is 0 Å². The molecule has 0 aliphatic heterocycles. The molecule has 0 amide bonds. The maximum atomic E-state index is 11.9. The summed E-state index contributed by atoms with van der Waals surface area (Å²) in [6.45, 7) is -4.76. The molecular weight excluding hydrogens is 278 g/mol. The van der Waals surface area contributed by atoms with Crippen molar-refractivity contribution in [2.24, 2.45) is 0 Å². The summed E-state index contributed by atoms with van der Waals surface area (Å²) in [6, 6.07) is 4.83. The molecule has 7 heteroatoms. The van der Waals surface area contributed by atoms with E-state index in [0.717, 1.165) is 16.2 Å². The van der Waals surface area contributed by atoms with Crippen LogP contribution in [-0.4, -0.2) is 12.6 Å². The fourth-order valence-electron chi connectivity index (χ4n) is 0.835. The average Bonchev–Trinajstić information content (AvgIpc) is 2.00. The molecule has 1 rings (SSSR count). The van der Waals surface area contributed by atoms with Crippen molar-refractivity contribution in [2.45, 2.75) is 4.90 Å². The molecule has 0 saturated heterocycles. The molecule has 0 unspecified atom stereocenters. The monoisotopic (exact) mass is 284 g/mol. The average molecular weight is 285 g/mol. The molecule has 0 radical (unpaired) electrons. The molecular formula is C7H7BBrF3NS-. The molecule has 0 bridgehead atoms. The Morgan fingerprint density at radius 1 is 1.36 bits per heavy atom. The zero-order chi connectivity index (χ0) is 10.8. The van der Waals surface area contributed by atoms with E-state index in [9.17, 15) is 12.9 Å². The van der Waals surface area contributed by atoms with Crippen LogP contribution in [0.3, 0.4) is 0 Å². The number of benzene rings is 1. The molecule has 14 heavy (non-hydrogen) atoms. The van der Waals surface area contributed by atoms with E-state index in [1.54, 1.807) is 18.2 Å². The highest BCUT2D eigenvalue weighted by molar-refractivity contribution is 9.10.